The SMILES string of the molecule is CC1C[C@H]2[C@@H]3CCC4=CC(=O)C=C[C@]4(C)[C@H]3C(O)C[C@]2(C)[C@H]1C(=O)CN1CCN(c2cc(N3CCOCC3)nc(N3CCOCC3)n2)CC1. The molecular weight excluding hydrogens is 620 g/mol. The van der Waals surface area contributed by atoms with Gasteiger partial charge in [-0.15, -0.1) is 0 Å². The van der Waals surface area contributed by atoms with E-state index in [1.54, 1.807) is 6.08 Å². The topological polar surface area (TPSA) is 112 Å². The Morgan fingerprint density at radius 2 is 1.57 bits per heavy atom. The second kappa shape index (κ2) is 13.0. The number of carbonyl (C=O) groups excluding carboxylic acids is 2. The number of aromatic nitrogens is 2. The summed E-state index contributed by atoms with van der Waals surface area (Å²) >= 11 is 0. The molecule has 8 atom stereocenters. The van der Waals surface area contributed by atoms with Crippen LogP contribution in [-0.4, -0.2) is 123 Å². The maximum Gasteiger partial charge on any atom is 0.229 e. The molecule has 3 saturated carbocycles. The molecule has 0 spiro atoms. The number of hydrogen-bond donors (Lipinski definition) is 1. The Morgan fingerprint density at radius 1 is 0.939 bits per heavy atom. The second-order valence-electron chi connectivity index (χ2n) is 16.3. The molecule has 0 amide bonds. The van der Waals surface area contributed by atoms with Gasteiger partial charge in [-0.25, -0.2) is 0 Å². The summed E-state index contributed by atoms with van der Waals surface area (Å²) in [5.74, 6) is 4.18. The van der Waals surface area contributed by atoms with Crippen LogP contribution in [-0.2, 0) is 19.1 Å². The first-order chi connectivity index (χ1) is 23.6. The molecule has 266 valence electrons. The molecule has 1 aromatic rings. The summed E-state index contributed by atoms with van der Waals surface area (Å²) in [6.45, 7) is 16.5. The van der Waals surface area contributed by atoms with Crippen LogP contribution >= 0.6 is 0 Å². The van der Waals surface area contributed by atoms with Gasteiger partial charge >= 0.3 is 0 Å². The van der Waals surface area contributed by atoms with Crippen molar-refractivity contribution in [2.45, 2.75) is 52.6 Å². The number of nitrogens with zero attached hydrogens (tertiary/aromatic N) is 6. The lowest BCUT2D eigenvalue weighted by molar-refractivity contribution is -0.141. The van der Waals surface area contributed by atoms with Gasteiger partial charge in [0.05, 0.1) is 39.1 Å². The summed E-state index contributed by atoms with van der Waals surface area (Å²) in [6.07, 6.45) is 8.69. The average Bonchev–Trinajstić information content (AvgIpc) is 3.38. The highest BCUT2D eigenvalue weighted by Crippen LogP contribution is 2.67. The molecule has 1 aromatic heterocycles. The van der Waals surface area contributed by atoms with E-state index >= 15 is 0 Å². The van der Waals surface area contributed by atoms with E-state index in [-0.39, 0.29) is 28.4 Å². The van der Waals surface area contributed by atoms with Crippen molar-refractivity contribution >= 4 is 29.2 Å². The fraction of sp³-hybridized carbons (Fsp3) is 0.737. The van der Waals surface area contributed by atoms with Crippen molar-refractivity contribution in [3.8, 4) is 0 Å². The van der Waals surface area contributed by atoms with Gasteiger partial charge in [0.2, 0.25) is 5.95 Å². The zero-order valence-electron chi connectivity index (χ0n) is 29.6. The van der Waals surface area contributed by atoms with E-state index in [4.69, 9.17) is 19.4 Å². The zero-order valence-corrected chi connectivity index (χ0v) is 29.6. The van der Waals surface area contributed by atoms with Gasteiger partial charge in [-0.05, 0) is 61.0 Å². The van der Waals surface area contributed by atoms with Crippen molar-refractivity contribution in [3.05, 3.63) is 29.9 Å². The lowest BCUT2D eigenvalue weighted by atomic mass is 9.46. The highest BCUT2D eigenvalue weighted by Gasteiger charge is 2.64. The van der Waals surface area contributed by atoms with E-state index in [2.05, 4.69) is 52.5 Å². The van der Waals surface area contributed by atoms with Crippen molar-refractivity contribution in [3.63, 3.8) is 0 Å². The van der Waals surface area contributed by atoms with Crippen molar-refractivity contribution in [2.75, 3.05) is 100 Å². The van der Waals surface area contributed by atoms with E-state index < -0.39 is 6.10 Å². The number of aliphatic hydroxyl groups excluding tert-OH is 1. The molecule has 6 fully saturated rings. The molecule has 11 nitrogen and oxygen atoms in total. The molecule has 4 aliphatic carbocycles. The molecule has 8 rings (SSSR count). The number of rotatable bonds is 6. The standard InChI is InChI=1S/C38H54N6O5/c1-25-20-29-28-5-4-26-21-27(45)6-7-37(26,2)35(28)30(46)23-38(29,3)34(25)31(47)24-41-8-10-42(11-9-41)32-22-33(43-12-16-48-17-13-43)40-36(39-32)44-14-18-49-19-15-44/h6-7,21-22,25,28-30,34-35,46H,4-5,8-20,23-24H2,1-3H3/t25?,28-,29-,30?,34+,35+,37-,38-/m0/s1. The Balaban J connectivity index is 0.944. The molecule has 2 unspecified atom stereocenters. The van der Waals surface area contributed by atoms with Crippen LogP contribution in [0.2, 0.25) is 0 Å². The van der Waals surface area contributed by atoms with Crippen LogP contribution in [0.15, 0.2) is 29.9 Å². The van der Waals surface area contributed by atoms with E-state index in [0.29, 0.717) is 62.9 Å². The average molecular weight is 675 g/mol. The molecule has 0 bridgehead atoms. The van der Waals surface area contributed by atoms with Gasteiger partial charge in [-0.3, -0.25) is 14.5 Å². The summed E-state index contributed by atoms with van der Waals surface area (Å²) < 4.78 is 11.2. The fourth-order valence-corrected chi connectivity index (χ4v) is 11.3. The molecule has 7 aliphatic rings. The molecular formula is C38H54N6O5. The van der Waals surface area contributed by atoms with E-state index in [1.807, 2.05) is 6.08 Å². The van der Waals surface area contributed by atoms with Crippen molar-refractivity contribution < 1.29 is 24.2 Å². The number of piperazine rings is 1. The van der Waals surface area contributed by atoms with Crippen molar-refractivity contribution in [1.29, 1.82) is 0 Å². The normalized spacial score (nSPS) is 38.2. The smallest absolute Gasteiger partial charge is 0.229 e. The molecule has 11 heteroatoms. The van der Waals surface area contributed by atoms with Gasteiger partial charge < -0.3 is 29.3 Å². The summed E-state index contributed by atoms with van der Waals surface area (Å²) in [4.78, 5) is 45.8. The number of carbonyl (C=O) groups is 2. The van der Waals surface area contributed by atoms with E-state index in [0.717, 1.165) is 89.2 Å². The number of ketones is 2. The third-order valence-corrected chi connectivity index (χ3v) is 13.6. The Morgan fingerprint density at radius 3 is 2.24 bits per heavy atom. The van der Waals surface area contributed by atoms with Crippen LogP contribution in [0.3, 0.4) is 0 Å². The van der Waals surface area contributed by atoms with E-state index in [9.17, 15) is 14.7 Å². The van der Waals surface area contributed by atoms with Crippen molar-refractivity contribution in [1.82, 2.24) is 14.9 Å². The third-order valence-electron chi connectivity index (χ3n) is 13.6. The predicted molar refractivity (Wildman–Crippen MR) is 188 cm³/mol. The Kier molecular flexibility index (Phi) is 8.86. The molecule has 49 heavy (non-hydrogen) atoms. The molecule has 3 aliphatic heterocycles. The second-order valence-corrected chi connectivity index (χ2v) is 16.3. The van der Waals surface area contributed by atoms with Gasteiger partial charge in [0, 0.05) is 75.7 Å². The molecule has 3 saturated heterocycles. The number of anilines is 3. The number of aliphatic hydroxyl groups is 1. The van der Waals surface area contributed by atoms with Gasteiger partial charge in [-0.1, -0.05) is 32.4 Å². The third kappa shape index (κ3) is 5.92. The largest absolute Gasteiger partial charge is 0.393 e. The van der Waals surface area contributed by atoms with Crippen LogP contribution < -0.4 is 14.7 Å². The highest BCUT2D eigenvalue weighted by molar-refractivity contribution is 6.01. The summed E-state index contributed by atoms with van der Waals surface area (Å²) in [7, 11) is 0. The quantitative estimate of drug-likeness (QED) is 0.481. The van der Waals surface area contributed by atoms with Gasteiger partial charge in [-0.2, -0.15) is 9.97 Å². The summed E-state index contributed by atoms with van der Waals surface area (Å²) in [6, 6.07) is 2.13. The molecule has 0 aromatic carbocycles. The molecule has 4 heterocycles. The fourth-order valence-electron chi connectivity index (χ4n) is 11.3. The number of fused-ring (bicyclic) bond motifs is 5. The number of hydrogen-bond acceptors (Lipinski definition) is 11. The number of Topliss-reactive ketones (excluding diaryl/α,β-unsaturated/α-hetero) is 1. The Hall–Kier alpha value is -2.86. The molecule has 0 radical (unpaired) electrons. The lowest BCUT2D eigenvalue weighted by Crippen LogP contribution is -2.57. The first kappa shape index (κ1) is 33.3. The van der Waals surface area contributed by atoms with Crippen LogP contribution in [0.1, 0.15) is 46.5 Å². The highest BCUT2D eigenvalue weighted by atomic mass is 16.5. The van der Waals surface area contributed by atoms with Crippen LogP contribution in [0.5, 0.6) is 0 Å². The molecule has 1 N–H and O–H groups in total. The first-order valence-corrected chi connectivity index (χ1v) is 18.8. The van der Waals surface area contributed by atoms with Crippen molar-refractivity contribution in [2.24, 2.45) is 40.4 Å². The van der Waals surface area contributed by atoms with Gasteiger partial charge in [0.15, 0.2) is 11.6 Å². The minimum atomic E-state index is -0.487. The van der Waals surface area contributed by atoms with Crippen LogP contribution in [0.4, 0.5) is 17.6 Å². The lowest BCUT2D eigenvalue weighted by Gasteiger charge is -2.58. The maximum atomic E-state index is 14.3. The zero-order chi connectivity index (χ0) is 33.9. The van der Waals surface area contributed by atoms with Crippen LogP contribution in [0.25, 0.3) is 0 Å². The maximum absolute atomic E-state index is 14.3. The van der Waals surface area contributed by atoms with Gasteiger partial charge in [0.1, 0.15) is 11.6 Å². The first-order valence-electron chi connectivity index (χ1n) is 18.8. The van der Waals surface area contributed by atoms with E-state index in [1.165, 1.54) is 5.57 Å². The summed E-state index contributed by atoms with van der Waals surface area (Å²) in [5, 5.41) is 11.8. The predicted octanol–water partition coefficient (Wildman–Crippen LogP) is 2.98. The minimum Gasteiger partial charge on any atom is -0.393 e. The summed E-state index contributed by atoms with van der Waals surface area (Å²) in [5.41, 5.74) is 0.689. The van der Waals surface area contributed by atoms with Crippen LogP contribution in [0, 0.1) is 40.4 Å². The van der Waals surface area contributed by atoms with Gasteiger partial charge in [0.25, 0.3) is 0 Å². The number of ether oxygens (including phenoxy) is 2. The minimum absolute atomic E-state index is 0.0478. The Bertz CT molecular complexity index is 1460. The number of morpholine rings is 2. The number of allylic oxidation sites excluding steroid dienone is 4. The monoisotopic (exact) mass is 674 g/mol. The Labute approximate surface area is 290 Å².